The van der Waals surface area contributed by atoms with Crippen LogP contribution in [0, 0.1) is 13.8 Å². The zero-order valence-electron chi connectivity index (χ0n) is 26.3. The monoisotopic (exact) mass is 708 g/mol. The molecule has 4 rings (SSSR count). The second-order valence-electron chi connectivity index (χ2n) is 13.8. The summed E-state index contributed by atoms with van der Waals surface area (Å²) in [6.07, 6.45) is 1.37. The van der Waals surface area contributed by atoms with Crippen molar-refractivity contribution in [1.82, 2.24) is 0 Å². The van der Waals surface area contributed by atoms with Gasteiger partial charge in [-0.1, -0.05) is 89.1 Å². The molecule has 4 aromatic rings. The van der Waals surface area contributed by atoms with Crippen LogP contribution < -0.4 is 0 Å². The minimum absolute atomic E-state index is 0.215. The van der Waals surface area contributed by atoms with Crippen molar-refractivity contribution in [3.8, 4) is 23.0 Å². The third-order valence-corrected chi connectivity index (χ3v) is 9.07. The van der Waals surface area contributed by atoms with E-state index in [2.05, 4.69) is 73.4 Å². The van der Waals surface area contributed by atoms with Gasteiger partial charge >= 0.3 is 0 Å². The first-order valence-electron chi connectivity index (χ1n) is 14.5. The Bertz CT molecular complexity index is 1570. The lowest BCUT2D eigenvalue weighted by Crippen LogP contribution is -2.12. The number of phenolic OH excluding ortho intramolecular Hbond substituents is 4. The van der Waals surface area contributed by atoms with Crippen LogP contribution in [0.4, 0.5) is 0 Å². The maximum Gasteiger partial charge on any atom is 0.133 e. The molecule has 0 saturated carbocycles. The van der Waals surface area contributed by atoms with Crippen LogP contribution in [0.25, 0.3) is 0 Å². The van der Waals surface area contributed by atoms with Gasteiger partial charge in [0, 0.05) is 30.4 Å². The molecule has 0 aliphatic heterocycles. The highest BCUT2D eigenvalue weighted by molar-refractivity contribution is 9.10. The molecular formula is C37H42Br2O4. The van der Waals surface area contributed by atoms with E-state index in [1.54, 1.807) is 0 Å². The summed E-state index contributed by atoms with van der Waals surface area (Å²) in [6, 6.07) is 15.7. The number of hydrogen-bond donors (Lipinski definition) is 4. The molecule has 4 aromatic carbocycles. The fraction of sp³-hybridized carbons (Fsp3) is 0.351. The minimum atomic E-state index is -0.243. The third kappa shape index (κ3) is 7.41. The molecule has 0 fully saturated rings. The fourth-order valence-electron chi connectivity index (χ4n) is 5.71. The Kier molecular flexibility index (Phi) is 9.35. The average molecular weight is 711 g/mol. The maximum absolute atomic E-state index is 11.4. The van der Waals surface area contributed by atoms with Crippen LogP contribution in [0.3, 0.4) is 0 Å². The Balaban J connectivity index is 1.69. The fourth-order valence-corrected chi connectivity index (χ4v) is 6.73. The second-order valence-corrected chi connectivity index (χ2v) is 15.6. The second kappa shape index (κ2) is 12.2. The Morgan fingerprint density at radius 1 is 0.465 bits per heavy atom. The molecule has 0 atom stereocenters. The first kappa shape index (κ1) is 32.9. The highest BCUT2D eigenvalue weighted by Gasteiger charge is 2.23. The van der Waals surface area contributed by atoms with Crippen molar-refractivity contribution in [2.75, 3.05) is 0 Å². The Hall–Kier alpha value is -2.96. The van der Waals surface area contributed by atoms with Gasteiger partial charge in [0.25, 0.3) is 0 Å². The number of hydrogen-bond acceptors (Lipinski definition) is 4. The number of aryl methyl sites for hydroxylation is 2. The Morgan fingerprint density at radius 2 is 0.767 bits per heavy atom. The summed E-state index contributed by atoms with van der Waals surface area (Å²) in [4.78, 5) is 0. The lowest BCUT2D eigenvalue weighted by atomic mass is 9.84. The summed E-state index contributed by atoms with van der Waals surface area (Å²) in [6.45, 7) is 16.4. The molecule has 0 aliphatic rings. The van der Waals surface area contributed by atoms with E-state index >= 15 is 0 Å². The molecule has 4 N–H and O–H groups in total. The highest BCUT2D eigenvalue weighted by Crippen LogP contribution is 2.41. The van der Waals surface area contributed by atoms with Gasteiger partial charge in [-0.25, -0.2) is 0 Å². The van der Waals surface area contributed by atoms with E-state index in [1.165, 1.54) is 0 Å². The smallest absolute Gasteiger partial charge is 0.133 e. The molecule has 0 radical (unpaired) electrons. The van der Waals surface area contributed by atoms with E-state index < -0.39 is 0 Å². The van der Waals surface area contributed by atoms with E-state index in [-0.39, 0.29) is 33.8 Å². The van der Waals surface area contributed by atoms with E-state index in [1.807, 2.05) is 62.4 Å². The van der Waals surface area contributed by atoms with E-state index in [0.717, 1.165) is 55.6 Å². The van der Waals surface area contributed by atoms with Crippen molar-refractivity contribution in [2.24, 2.45) is 0 Å². The number of benzene rings is 4. The van der Waals surface area contributed by atoms with E-state index in [0.29, 0.717) is 28.2 Å². The predicted octanol–water partition coefficient (Wildman–Crippen LogP) is 10.0. The minimum Gasteiger partial charge on any atom is -0.507 e. The normalized spacial score (nSPS) is 12.1. The van der Waals surface area contributed by atoms with Gasteiger partial charge in [-0.2, -0.15) is 0 Å². The zero-order valence-corrected chi connectivity index (χ0v) is 29.5. The number of aromatic hydroxyl groups is 4. The molecule has 0 amide bonds. The van der Waals surface area contributed by atoms with Gasteiger partial charge < -0.3 is 20.4 Å². The molecule has 0 spiro atoms. The van der Waals surface area contributed by atoms with Gasteiger partial charge in [-0.05, 0) is 102 Å². The van der Waals surface area contributed by atoms with Gasteiger partial charge in [-0.15, -0.1) is 0 Å². The molecule has 0 heterocycles. The van der Waals surface area contributed by atoms with Crippen molar-refractivity contribution < 1.29 is 20.4 Å². The van der Waals surface area contributed by atoms with Crippen molar-refractivity contribution in [3.05, 3.63) is 113 Å². The van der Waals surface area contributed by atoms with Crippen molar-refractivity contribution >= 4 is 31.9 Å². The van der Waals surface area contributed by atoms with E-state index in [9.17, 15) is 20.4 Å². The van der Waals surface area contributed by atoms with Crippen LogP contribution >= 0.6 is 31.9 Å². The standard InChI is InChI=1S/C37H42Br2O4/c1-20-9-24(13-22-15-28(36(3,4)5)34(42)30(38)17-22)32(40)26(11-20)19-27-12-21(2)10-25(33(27)41)14-23-16-29(37(6,7)8)35(43)31(39)18-23/h9-12,15-18,40-43H,13-14,19H2,1-8H3. The summed E-state index contributed by atoms with van der Waals surface area (Å²) in [5.41, 5.74) is 8.30. The molecule has 0 aliphatic carbocycles. The summed E-state index contributed by atoms with van der Waals surface area (Å²) in [5, 5.41) is 44.2. The average Bonchev–Trinajstić information content (AvgIpc) is 2.87. The van der Waals surface area contributed by atoms with Crippen LogP contribution in [-0.4, -0.2) is 20.4 Å². The van der Waals surface area contributed by atoms with Crippen LogP contribution in [0.2, 0.25) is 0 Å². The Labute approximate surface area is 272 Å². The van der Waals surface area contributed by atoms with Crippen LogP contribution in [0.5, 0.6) is 23.0 Å². The molecular weight excluding hydrogens is 668 g/mol. The maximum atomic E-state index is 11.4. The van der Waals surface area contributed by atoms with Gasteiger partial charge in [0.2, 0.25) is 0 Å². The Morgan fingerprint density at radius 3 is 1.07 bits per heavy atom. The topological polar surface area (TPSA) is 80.9 Å². The molecule has 0 aromatic heterocycles. The predicted molar refractivity (Wildman–Crippen MR) is 183 cm³/mol. The first-order chi connectivity index (χ1) is 19.8. The van der Waals surface area contributed by atoms with Crippen LogP contribution in [0.15, 0.2) is 57.5 Å². The van der Waals surface area contributed by atoms with Crippen LogP contribution in [-0.2, 0) is 30.1 Å². The summed E-state index contributed by atoms with van der Waals surface area (Å²) < 4.78 is 1.27. The lowest BCUT2D eigenvalue weighted by molar-refractivity contribution is 0.442. The van der Waals surface area contributed by atoms with Gasteiger partial charge in [0.15, 0.2) is 0 Å². The molecule has 4 nitrogen and oxygen atoms in total. The van der Waals surface area contributed by atoms with Gasteiger partial charge in [0.05, 0.1) is 8.95 Å². The van der Waals surface area contributed by atoms with E-state index in [4.69, 9.17) is 0 Å². The molecule has 0 bridgehead atoms. The largest absolute Gasteiger partial charge is 0.507 e. The number of halogens is 2. The van der Waals surface area contributed by atoms with Gasteiger partial charge in [0.1, 0.15) is 23.0 Å². The summed E-state index contributed by atoms with van der Waals surface area (Å²) >= 11 is 7.01. The van der Waals surface area contributed by atoms with Gasteiger partial charge in [-0.3, -0.25) is 0 Å². The third-order valence-electron chi connectivity index (χ3n) is 7.86. The molecule has 0 unspecified atom stereocenters. The lowest BCUT2D eigenvalue weighted by Gasteiger charge is -2.23. The number of phenols is 4. The first-order valence-corrected chi connectivity index (χ1v) is 16.1. The van der Waals surface area contributed by atoms with Crippen molar-refractivity contribution in [2.45, 2.75) is 85.5 Å². The zero-order chi connectivity index (χ0) is 32.0. The molecule has 0 saturated heterocycles. The molecule has 6 heteroatoms. The highest BCUT2D eigenvalue weighted by atomic mass is 79.9. The summed E-state index contributed by atoms with van der Waals surface area (Å²) in [7, 11) is 0. The molecule has 228 valence electrons. The SMILES string of the molecule is Cc1cc(Cc2cc(Br)c(O)c(C(C)(C)C)c2)c(O)c(Cc2cc(C)cc(Cc3cc(Br)c(O)c(C(C)(C)C)c3)c2O)c1. The van der Waals surface area contributed by atoms with Crippen molar-refractivity contribution in [1.29, 1.82) is 0 Å². The number of rotatable bonds is 6. The summed E-state index contributed by atoms with van der Waals surface area (Å²) in [5.74, 6) is 0.912. The van der Waals surface area contributed by atoms with Crippen molar-refractivity contribution in [3.63, 3.8) is 0 Å². The van der Waals surface area contributed by atoms with Crippen LogP contribution in [0.1, 0.15) is 97.2 Å². The quantitative estimate of drug-likeness (QED) is 0.161. The molecule has 43 heavy (non-hydrogen) atoms.